The molecule has 2 heterocycles. The first-order valence-electron chi connectivity index (χ1n) is 8.32. The minimum atomic E-state index is -4.75. The second-order valence-electron chi connectivity index (χ2n) is 7.07. The van der Waals surface area contributed by atoms with E-state index in [1.165, 1.54) is 23.1 Å². The number of nitrogens with two attached hydrogens (primary N) is 1. The largest absolute Gasteiger partial charge is 0.573 e. The molecule has 138 valence electrons. The standard InChI is InChI=1S/C17H22F3N3O2/c1-16(10-21)6-8-22(11-16)14-5-7-23(15(14)24)12-3-2-4-13(9-12)25-17(18,19)20/h2-4,9,14H,5-8,10-11,21H2,1H3. The van der Waals surface area contributed by atoms with E-state index in [0.29, 0.717) is 25.2 Å². The van der Waals surface area contributed by atoms with Gasteiger partial charge in [-0.25, -0.2) is 0 Å². The third-order valence-corrected chi connectivity index (χ3v) is 5.06. The molecule has 25 heavy (non-hydrogen) atoms. The van der Waals surface area contributed by atoms with Crippen molar-refractivity contribution in [2.24, 2.45) is 11.1 Å². The minimum Gasteiger partial charge on any atom is -0.406 e. The van der Waals surface area contributed by atoms with Gasteiger partial charge in [-0.2, -0.15) is 0 Å². The summed E-state index contributed by atoms with van der Waals surface area (Å²) in [5.74, 6) is -0.399. The Kier molecular flexibility index (Phi) is 4.68. The van der Waals surface area contributed by atoms with Crippen LogP contribution in [-0.2, 0) is 4.79 Å². The van der Waals surface area contributed by atoms with Crippen molar-refractivity contribution in [1.29, 1.82) is 0 Å². The molecule has 0 saturated carbocycles. The SMILES string of the molecule is CC1(CN)CCN(C2CCN(c3cccc(OC(F)(F)F)c3)C2=O)C1. The Morgan fingerprint density at radius 3 is 2.76 bits per heavy atom. The van der Waals surface area contributed by atoms with Crippen LogP contribution in [0.5, 0.6) is 5.75 Å². The summed E-state index contributed by atoms with van der Waals surface area (Å²) in [6.45, 7) is 4.75. The van der Waals surface area contributed by atoms with Crippen LogP contribution >= 0.6 is 0 Å². The molecule has 0 aromatic heterocycles. The molecule has 1 aromatic carbocycles. The molecule has 0 aliphatic carbocycles. The fraction of sp³-hybridized carbons (Fsp3) is 0.588. The lowest BCUT2D eigenvalue weighted by atomic mass is 9.90. The summed E-state index contributed by atoms with van der Waals surface area (Å²) in [5.41, 5.74) is 6.27. The molecular formula is C17H22F3N3O2. The fourth-order valence-electron chi connectivity index (χ4n) is 3.60. The van der Waals surface area contributed by atoms with Gasteiger partial charge in [-0.3, -0.25) is 9.69 Å². The number of hydrogen-bond donors (Lipinski definition) is 1. The van der Waals surface area contributed by atoms with E-state index in [9.17, 15) is 18.0 Å². The second kappa shape index (κ2) is 6.49. The Bertz CT molecular complexity index is 652. The predicted molar refractivity (Wildman–Crippen MR) is 87.2 cm³/mol. The van der Waals surface area contributed by atoms with Gasteiger partial charge in [0.15, 0.2) is 0 Å². The van der Waals surface area contributed by atoms with Crippen LogP contribution in [-0.4, -0.2) is 49.4 Å². The van der Waals surface area contributed by atoms with Crippen molar-refractivity contribution < 1.29 is 22.7 Å². The molecule has 0 bridgehead atoms. The monoisotopic (exact) mass is 357 g/mol. The number of benzene rings is 1. The van der Waals surface area contributed by atoms with Gasteiger partial charge in [0.2, 0.25) is 5.91 Å². The Hall–Kier alpha value is -1.80. The smallest absolute Gasteiger partial charge is 0.406 e. The third kappa shape index (κ3) is 3.90. The summed E-state index contributed by atoms with van der Waals surface area (Å²) in [6, 6.07) is 5.32. The van der Waals surface area contributed by atoms with Crippen molar-refractivity contribution in [3.63, 3.8) is 0 Å². The average Bonchev–Trinajstić information content (AvgIpc) is 3.10. The Balaban J connectivity index is 1.71. The van der Waals surface area contributed by atoms with Gasteiger partial charge < -0.3 is 15.4 Å². The molecule has 5 nitrogen and oxygen atoms in total. The summed E-state index contributed by atoms with van der Waals surface area (Å²) in [7, 11) is 0. The van der Waals surface area contributed by atoms with Crippen LogP contribution in [0.2, 0.25) is 0 Å². The number of anilines is 1. The van der Waals surface area contributed by atoms with E-state index < -0.39 is 6.36 Å². The Morgan fingerprint density at radius 2 is 2.12 bits per heavy atom. The molecule has 2 fully saturated rings. The van der Waals surface area contributed by atoms with Gasteiger partial charge in [0.1, 0.15) is 5.75 Å². The molecule has 2 aliphatic rings. The molecule has 2 unspecified atom stereocenters. The van der Waals surface area contributed by atoms with Gasteiger partial charge in [-0.15, -0.1) is 13.2 Å². The molecule has 2 N–H and O–H groups in total. The van der Waals surface area contributed by atoms with Crippen LogP contribution in [0.3, 0.4) is 0 Å². The fourth-order valence-corrected chi connectivity index (χ4v) is 3.60. The van der Waals surface area contributed by atoms with E-state index >= 15 is 0 Å². The zero-order chi connectivity index (χ0) is 18.2. The van der Waals surface area contributed by atoms with Crippen LogP contribution < -0.4 is 15.4 Å². The molecule has 3 rings (SSSR count). The molecule has 2 saturated heterocycles. The van der Waals surface area contributed by atoms with Crippen molar-refractivity contribution in [1.82, 2.24) is 4.90 Å². The number of carbonyl (C=O) groups excluding carboxylic acids is 1. The topological polar surface area (TPSA) is 58.8 Å². The van der Waals surface area contributed by atoms with Gasteiger partial charge in [0.05, 0.1) is 6.04 Å². The van der Waals surface area contributed by atoms with Crippen molar-refractivity contribution in [2.75, 3.05) is 31.1 Å². The molecule has 0 radical (unpaired) electrons. The first-order chi connectivity index (χ1) is 11.7. The molecule has 1 amide bonds. The zero-order valence-electron chi connectivity index (χ0n) is 14.1. The summed E-state index contributed by atoms with van der Waals surface area (Å²) in [4.78, 5) is 16.5. The molecular weight excluding hydrogens is 335 g/mol. The summed E-state index contributed by atoms with van der Waals surface area (Å²) < 4.78 is 41.1. The second-order valence-corrected chi connectivity index (χ2v) is 7.07. The maximum Gasteiger partial charge on any atom is 0.573 e. The number of likely N-dealkylation sites (tertiary alicyclic amines) is 1. The molecule has 2 atom stereocenters. The van der Waals surface area contributed by atoms with Crippen molar-refractivity contribution in [2.45, 2.75) is 32.2 Å². The van der Waals surface area contributed by atoms with E-state index in [4.69, 9.17) is 5.73 Å². The predicted octanol–water partition coefficient (Wildman–Crippen LogP) is 2.36. The number of nitrogens with zero attached hydrogens (tertiary/aromatic N) is 2. The minimum absolute atomic E-state index is 0.0220. The lowest BCUT2D eigenvalue weighted by molar-refractivity contribution is -0.274. The maximum absolute atomic E-state index is 12.8. The van der Waals surface area contributed by atoms with Crippen LogP contribution in [0.15, 0.2) is 24.3 Å². The number of rotatable bonds is 4. The van der Waals surface area contributed by atoms with Crippen molar-refractivity contribution in [3.05, 3.63) is 24.3 Å². The van der Waals surface area contributed by atoms with Gasteiger partial charge in [-0.05, 0) is 43.5 Å². The first-order valence-corrected chi connectivity index (χ1v) is 8.32. The van der Waals surface area contributed by atoms with Gasteiger partial charge >= 0.3 is 6.36 Å². The number of amides is 1. The molecule has 8 heteroatoms. The van der Waals surface area contributed by atoms with Crippen LogP contribution in [0.25, 0.3) is 0 Å². The Morgan fingerprint density at radius 1 is 1.36 bits per heavy atom. The summed E-state index contributed by atoms with van der Waals surface area (Å²) >= 11 is 0. The van der Waals surface area contributed by atoms with Crippen LogP contribution in [0.4, 0.5) is 18.9 Å². The van der Waals surface area contributed by atoms with E-state index in [1.54, 1.807) is 6.07 Å². The Labute approximate surface area is 144 Å². The van der Waals surface area contributed by atoms with E-state index in [0.717, 1.165) is 19.5 Å². The lowest BCUT2D eigenvalue weighted by Crippen LogP contribution is -2.42. The van der Waals surface area contributed by atoms with Gasteiger partial charge in [0.25, 0.3) is 0 Å². The number of ether oxygens (including phenoxy) is 1. The number of alkyl halides is 3. The lowest BCUT2D eigenvalue weighted by Gasteiger charge is -2.26. The quantitative estimate of drug-likeness (QED) is 0.899. The highest BCUT2D eigenvalue weighted by Gasteiger charge is 2.42. The first kappa shape index (κ1) is 18.0. The van der Waals surface area contributed by atoms with Crippen LogP contribution in [0.1, 0.15) is 19.8 Å². The highest BCUT2D eigenvalue weighted by molar-refractivity contribution is 5.99. The summed E-state index contributed by atoms with van der Waals surface area (Å²) in [5, 5.41) is 0. The number of hydrogen-bond acceptors (Lipinski definition) is 4. The third-order valence-electron chi connectivity index (χ3n) is 5.06. The highest BCUT2D eigenvalue weighted by Crippen LogP contribution is 2.34. The number of halogens is 3. The van der Waals surface area contributed by atoms with Gasteiger partial charge in [0, 0.05) is 24.8 Å². The van der Waals surface area contributed by atoms with Gasteiger partial charge in [-0.1, -0.05) is 13.0 Å². The molecule has 2 aliphatic heterocycles. The van der Waals surface area contributed by atoms with Crippen LogP contribution in [0, 0.1) is 5.41 Å². The zero-order valence-corrected chi connectivity index (χ0v) is 14.1. The van der Waals surface area contributed by atoms with Crippen molar-refractivity contribution >= 4 is 11.6 Å². The average molecular weight is 357 g/mol. The normalized spacial score (nSPS) is 28.0. The number of carbonyl (C=O) groups is 1. The molecule has 1 aromatic rings. The summed E-state index contributed by atoms with van der Waals surface area (Å²) in [6.07, 6.45) is -3.15. The van der Waals surface area contributed by atoms with E-state index in [2.05, 4.69) is 16.6 Å². The van der Waals surface area contributed by atoms with E-state index in [-0.39, 0.29) is 23.1 Å². The highest BCUT2D eigenvalue weighted by atomic mass is 19.4. The van der Waals surface area contributed by atoms with Crippen molar-refractivity contribution in [3.8, 4) is 5.75 Å². The van der Waals surface area contributed by atoms with E-state index in [1.807, 2.05) is 0 Å². The molecule has 0 spiro atoms. The maximum atomic E-state index is 12.8.